The van der Waals surface area contributed by atoms with Gasteiger partial charge < -0.3 is 5.32 Å². The number of hydrogen-bond donors (Lipinski definition) is 1. The molecule has 0 spiro atoms. The molecular formula is C15H19F2NO. The highest BCUT2D eigenvalue weighted by atomic mass is 19.3. The molecule has 19 heavy (non-hydrogen) atoms. The van der Waals surface area contributed by atoms with Gasteiger partial charge in [-0.05, 0) is 36.5 Å². The van der Waals surface area contributed by atoms with E-state index in [4.69, 9.17) is 0 Å². The summed E-state index contributed by atoms with van der Waals surface area (Å²) in [6.45, 7) is 4.39. The Morgan fingerprint density at radius 1 is 1.32 bits per heavy atom. The van der Waals surface area contributed by atoms with Crippen LogP contribution < -0.4 is 5.32 Å². The SMILES string of the molecule is Cc1ccc(CC(=O)NCC2CC(F)(F)C2)cc1C. The Hall–Kier alpha value is -1.45. The fourth-order valence-electron chi connectivity index (χ4n) is 2.35. The Bertz CT molecular complexity index is 477. The number of nitrogens with one attached hydrogen (secondary N) is 1. The van der Waals surface area contributed by atoms with Crippen molar-refractivity contribution in [2.75, 3.05) is 6.54 Å². The van der Waals surface area contributed by atoms with Crippen LogP contribution in [0.1, 0.15) is 29.5 Å². The Morgan fingerprint density at radius 3 is 2.58 bits per heavy atom. The van der Waals surface area contributed by atoms with Crippen LogP contribution in [0.15, 0.2) is 18.2 Å². The first-order valence-corrected chi connectivity index (χ1v) is 6.56. The minimum atomic E-state index is -2.51. The summed E-state index contributed by atoms with van der Waals surface area (Å²) in [5.41, 5.74) is 3.31. The van der Waals surface area contributed by atoms with Gasteiger partial charge in [-0.1, -0.05) is 18.2 Å². The molecule has 0 saturated heterocycles. The summed E-state index contributed by atoms with van der Waals surface area (Å²) in [7, 11) is 0. The van der Waals surface area contributed by atoms with Gasteiger partial charge in [0.15, 0.2) is 0 Å². The summed E-state index contributed by atoms with van der Waals surface area (Å²) in [5.74, 6) is -2.68. The van der Waals surface area contributed by atoms with Crippen molar-refractivity contribution in [1.82, 2.24) is 5.32 Å². The average molecular weight is 267 g/mol. The monoisotopic (exact) mass is 267 g/mol. The van der Waals surface area contributed by atoms with Gasteiger partial charge in [0, 0.05) is 19.4 Å². The number of halogens is 2. The van der Waals surface area contributed by atoms with Crippen molar-refractivity contribution < 1.29 is 13.6 Å². The first-order chi connectivity index (χ1) is 8.85. The van der Waals surface area contributed by atoms with Crippen molar-refractivity contribution in [1.29, 1.82) is 0 Å². The fraction of sp³-hybridized carbons (Fsp3) is 0.533. The summed E-state index contributed by atoms with van der Waals surface area (Å²) in [5, 5.41) is 2.73. The van der Waals surface area contributed by atoms with Crippen LogP contribution >= 0.6 is 0 Å². The molecule has 1 fully saturated rings. The lowest BCUT2D eigenvalue weighted by molar-refractivity contribution is -0.125. The highest BCUT2D eigenvalue weighted by Gasteiger charge is 2.44. The quantitative estimate of drug-likeness (QED) is 0.892. The molecule has 1 amide bonds. The van der Waals surface area contributed by atoms with Crippen LogP contribution in [-0.4, -0.2) is 18.4 Å². The van der Waals surface area contributed by atoms with Crippen molar-refractivity contribution in [3.05, 3.63) is 34.9 Å². The second kappa shape index (κ2) is 5.27. The van der Waals surface area contributed by atoms with E-state index in [-0.39, 0.29) is 24.7 Å². The summed E-state index contributed by atoms with van der Waals surface area (Å²) in [4.78, 5) is 11.7. The standard InChI is InChI=1S/C15H19F2NO/c1-10-3-4-12(5-11(10)2)6-14(19)18-9-13-7-15(16,17)8-13/h3-5,13H,6-9H2,1-2H3,(H,18,19). The molecule has 0 aromatic heterocycles. The summed E-state index contributed by atoms with van der Waals surface area (Å²) in [6, 6.07) is 5.91. The first-order valence-electron chi connectivity index (χ1n) is 6.56. The zero-order valence-electron chi connectivity index (χ0n) is 11.3. The Kier molecular flexibility index (Phi) is 3.88. The maximum atomic E-state index is 12.6. The van der Waals surface area contributed by atoms with Crippen LogP contribution in [0.5, 0.6) is 0 Å². The minimum absolute atomic E-state index is 0.0706. The molecule has 2 rings (SSSR count). The predicted molar refractivity (Wildman–Crippen MR) is 70.3 cm³/mol. The number of hydrogen-bond acceptors (Lipinski definition) is 1. The Labute approximate surface area is 112 Å². The van der Waals surface area contributed by atoms with Gasteiger partial charge in [0.2, 0.25) is 11.8 Å². The summed E-state index contributed by atoms with van der Waals surface area (Å²) < 4.78 is 25.3. The van der Waals surface area contributed by atoms with E-state index in [2.05, 4.69) is 5.32 Å². The second-order valence-electron chi connectivity index (χ2n) is 5.53. The zero-order chi connectivity index (χ0) is 14.0. The van der Waals surface area contributed by atoms with Crippen molar-refractivity contribution >= 4 is 5.91 Å². The van der Waals surface area contributed by atoms with Gasteiger partial charge in [-0.15, -0.1) is 0 Å². The van der Waals surface area contributed by atoms with Crippen LogP contribution in [0.3, 0.4) is 0 Å². The van der Waals surface area contributed by atoms with E-state index < -0.39 is 5.92 Å². The fourth-order valence-corrected chi connectivity index (χ4v) is 2.35. The molecule has 0 radical (unpaired) electrons. The molecule has 0 aliphatic heterocycles. The molecule has 1 saturated carbocycles. The second-order valence-corrected chi connectivity index (χ2v) is 5.53. The third-order valence-electron chi connectivity index (χ3n) is 3.70. The van der Waals surface area contributed by atoms with Crippen molar-refractivity contribution in [3.8, 4) is 0 Å². The van der Waals surface area contributed by atoms with E-state index in [1.807, 2.05) is 32.0 Å². The third kappa shape index (κ3) is 3.75. The highest BCUT2D eigenvalue weighted by molar-refractivity contribution is 5.78. The molecule has 0 unspecified atom stereocenters. The van der Waals surface area contributed by atoms with Crippen LogP contribution in [0.2, 0.25) is 0 Å². The number of rotatable bonds is 4. The maximum Gasteiger partial charge on any atom is 0.248 e. The third-order valence-corrected chi connectivity index (χ3v) is 3.70. The van der Waals surface area contributed by atoms with Gasteiger partial charge in [-0.3, -0.25) is 4.79 Å². The molecule has 0 bridgehead atoms. The topological polar surface area (TPSA) is 29.1 Å². The van der Waals surface area contributed by atoms with Crippen molar-refractivity contribution in [2.24, 2.45) is 5.92 Å². The molecule has 1 aliphatic carbocycles. The molecule has 1 aliphatic rings. The van der Waals surface area contributed by atoms with Gasteiger partial charge in [0.25, 0.3) is 0 Å². The lowest BCUT2D eigenvalue weighted by atomic mass is 9.81. The van der Waals surface area contributed by atoms with Crippen LogP contribution in [0, 0.1) is 19.8 Å². The van der Waals surface area contributed by atoms with E-state index in [1.54, 1.807) is 0 Å². The van der Waals surface area contributed by atoms with E-state index in [1.165, 1.54) is 5.56 Å². The number of carbonyl (C=O) groups excluding carboxylic acids is 1. The molecule has 1 aromatic rings. The minimum Gasteiger partial charge on any atom is -0.356 e. The van der Waals surface area contributed by atoms with E-state index in [0.717, 1.165) is 11.1 Å². The average Bonchev–Trinajstić information content (AvgIpc) is 2.28. The molecule has 0 atom stereocenters. The summed E-state index contributed by atoms with van der Waals surface area (Å²) >= 11 is 0. The number of alkyl halides is 2. The van der Waals surface area contributed by atoms with Crippen LogP contribution in [-0.2, 0) is 11.2 Å². The molecule has 1 N–H and O–H groups in total. The molecule has 104 valence electrons. The first kappa shape index (κ1) is 14.0. The lowest BCUT2D eigenvalue weighted by Gasteiger charge is -2.34. The molecular weight excluding hydrogens is 248 g/mol. The molecule has 2 nitrogen and oxygen atoms in total. The largest absolute Gasteiger partial charge is 0.356 e. The smallest absolute Gasteiger partial charge is 0.248 e. The van der Waals surface area contributed by atoms with E-state index >= 15 is 0 Å². The van der Waals surface area contributed by atoms with Gasteiger partial charge in [-0.2, -0.15) is 0 Å². The number of benzene rings is 1. The number of aryl methyl sites for hydroxylation is 2. The van der Waals surface area contributed by atoms with E-state index in [0.29, 0.717) is 13.0 Å². The molecule has 1 aromatic carbocycles. The van der Waals surface area contributed by atoms with Gasteiger partial charge >= 0.3 is 0 Å². The zero-order valence-corrected chi connectivity index (χ0v) is 11.3. The highest BCUT2D eigenvalue weighted by Crippen LogP contribution is 2.41. The summed E-state index contributed by atoms with van der Waals surface area (Å²) in [6.07, 6.45) is 0.109. The van der Waals surface area contributed by atoms with Crippen molar-refractivity contribution in [3.63, 3.8) is 0 Å². The Balaban J connectivity index is 1.77. The van der Waals surface area contributed by atoms with Gasteiger partial charge in [0.05, 0.1) is 6.42 Å². The Morgan fingerprint density at radius 2 is 2.00 bits per heavy atom. The lowest BCUT2D eigenvalue weighted by Crippen LogP contribution is -2.42. The number of carbonyl (C=O) groups is 1. The van der Waals surface area contributed by atoms with Gasteiger partial charge in [-0.25, -0.2) is 8.78 Å². The van der Waals surface area contributed by atoms with E-state index in [9.17, 15) is 13.6 Å². The van der Waals surface area contributed by atoms with Crippen LogP contribution in [0.4, 0.5) is 8.78 Å². The normalized spacial score (nSPS) is 17.9. The molecule has 0 heterocycles. The predicted octanol–water partition coefficient (Wildman–Crippen LogP) is 3.01. The molecule has 4 heteroatoms. The number of amides is 1. The van der Waals surface area contributed by atoms with Gasteiger partial charge in [0.1, 0.15) is 0 Å². The van der Waals surface area contributed by atoms with Crippen LogP contribution in [0.25, 0.3) is 0 Å². The van der Waals surface area contributed by atoms with Crippen molar-refractivity contribution in [2.45, 2.75) is 39.0 Å². The maximum absolute atomic E-state index is 12.6.